The lowest BCUT2D eigenvalue weighted by molar-refractivity contribution is -0.124. The van der Waals surface area contributed by atoms with Crippen LogP contribution in [0.4, 0.5) is 0 Å². The van der Waals surface area contributed by atoms with E-state index in [0.29, 0.717) is 6.42 Å². The highest BCUT2D eigenvalue weighted by atomic mass is 16.3. The van der Waals surface area contributed by atoms with E-state index in [9.17, 15) is 9.90 Å². The molecule has 0 aromatic rings. The number of carbonyl (C=O) groups is 1. The number of hydrogen-bond acceptors (Lipinski definition) is 2. The Bertz CT molecular complexity index is 184. The highest BCUT2D eigenvalue weighted by molar-refractivity contribution is 5.79. The van der Waals surface area contributed by atoms with E-state index in [2.05, 4.69) is 6.08 Å². The summed E-state index contributed by atoms with van der Waals surface area (Å²) in [5, 5.41) is 9.59. The van der Waals surface area contributed by atoms with Crippen molar-refractivity contribution in [2.75, 3.05) is 0 Å². The third kappa shape index (κ3) is 2.45. The Kier molecular flexibility index (Phi) is 3.48. The first-order valence-electron chi connectivity index (χ1n) is 4.55. The molecule has 0 heterocycles. The predicted molar refractivity (Wildman–Crippen MR) is 47.8 cm³/mol. The average Bonchev–Trinajstić information content (AvgIpc) is 1.96. The number of ketones is 1. The fourth-order valence-electron chi connectivity index (χ4n) is 1.60. The lowest BCUT2D eigenvalue weighted by Gasteiger charge is -2.20. The second kappa shape index (κ2) is 4.41. The maximum atomic E-state index is 11.1. The molecule has 0 aromatic carbocycles. The Balaban J connectivity index is 2.60. The molecular weight excluding hydrogens is 152 g/mol. The van der Waals surface area contributed by atoms with Gasteiger partial charge in [0.05, 0.1) is 6.10 Å². The number of aliphatic hydroxyl groups excluding tert-OH is 1. The first-order valence-corrected chi connectivity index (χ1v) is 4.55. The summed E-state index contributed by atoms with van der Waals surface area (Å²) in [6.07, 6.45) is 7.16. The molecule has 1 N–H and O–H groups in total. The van der Waals surface area contributed by atoms with Gasteiger partial charge in [0.2, 0.25) is 0 Å². The minimum Gasteiger partial charge on any atom is -0.392 e. The van der Waals surface area contributed by atoms with Crippen molar-refractivity contribution < 1.29 is 9.90 Å². The molecule has 0 spiro atoms. The van der Waals surface area contributed by atoms with Crippen LogP contribution in [0, 0.1) is 5.92 Å². The van der Waals surface area contributed by atoms with E-state index in [1.165, 1.54) is 0 Å². The minimum atomic E-state index is -0.424. The predicted octanol–water partition coefficient (Wildman–Crippen LogP) is 1.68. The van der Waals surface area contributed by atoms with Crippen LogP contribution in [0.1, 0.15) is 32.6 Å². The molecule has 0 aromatic heterocycles. The van der Waals surface area contributed by atoms with Crippen molar-refractivity contribution >= 4 is 5.78 Å². The Morgan fingerprint density at radius 2 is 2.25 bits per heavy atom. The molecule has 1 rings (SSSR count). The molecule has 2 atom stereocenters. The van der Waals surface area contributed by atoms with E-state index >= 15 is 0 Å². The first-order chi connectivity index (χ1) is 5.72. The van der Waals surface area contributed by atoms with Crippen LogP contribution in [0.25, 0.3) is 0 Å². The molecule has 0 saturated heterocycles. The smallest absolute Gasteiger partial charge is 0.135 e. The Morgan fingerprint density at radius 3 is 2.92 bits per heavy atom. The Labute approximate surface area is 73.3 Å². The number of allylic oxidation sites excluding steroid dienone is 2. The minimum absolute atomic E-state index is 0.106. The van der Waals surface area contributed by atoms with E-state index in [4.69, 9.17) is 0 Å². The van der Waals surface area contributed by atoms with Crippen molar-refractivity contribution in [3.05, 3.63) is 12.2 Å². The second-order valence-electron chi connectivity index (χ2n) is 3.42. The molecule has 12 heavy (non-hydrogen) atoms. The van der Waals surface area contributed by atoms with Crippen molar-refractivity contribution in [2.24, 2.45) is 5.92 Å². The molecule has 68 valence electrons. The summed E-state index contributed by atoms with van der Waals surface area (Å²) >= 11 is 0. The van der Waals surface area contributed by atoms with Crippen LogP contribution in [0.15, 0.2) is 12.2 Å². The van der Waals surface area contributed by atoms with Crippen LogP contribution in [-0.2, 0) is 4.79 Å². The highest BCUT2D eigenvalue weighted by Crippen LogP contribution is 2.19. The van der Waals surface area contributed by atoms with Crippen molar-refractivity contribution in [3.63, 3.8) is 0 Å². The van der Waals surface area contributed by atoms with Gasteiger partial charge in [-0.2, -0.15) is 0 Å². The van der Waals surface area contributed by atoms with Gasteiger partial charge >= 0.3 is 0 Å². The summed E-state index contributed by atoms with van der Waals surface area (Å²) in [4.78, 5) is 11.1. The fraction of sp³-hybridized carbons (Fsp3) is 0.700. The van der Waals surface area contributed by atoms with E-state index in [1.807, 2.05) is 6.08 Å². The molecule has 1 aliphatic carbocycles. The quantitative estimate of drug-likeness (QED) is 0.605. The fourth-order valence-corrected chi connectivity index (χ4v) is 1.60. The number of aliphatic hydroxyl groups is 1. The molecule has 0 radical (unpaired) electrons. The number of rotatable bonds is 1. The van der Waals surface area contributed by atoms with Gasteiger partial charge in [-0.25, -0.2) is 0 Å². The molecule has 0 unspecified atom stereocenters. The van der Waals surface area contributed by atoms with Gasteiger partial charge in [-0.15, -0.1) is 0 Å². The van der Waals surface area contributed by atoms with Crippen molar-refractivity contribution in [1.82, 2.24) is 0 Å². The zero-order valence-corrected chi connectivity index (χ0v) is 7.49. The summed E-state index contributed by atoms with van der Waals surface area (Å²) < 4.78 is 0. The van der Waals surface area contributed by atoms with E-state index in [0.717, 1.165) is 19.3 Å². The SMILES string of the molecule is CC(=O)[C@@H]1C/C=C\CCC[C@@H]1O. The topological polar surface area (TPSA) is 37.3 Å². The Hall–Kier alpha value is -0.630. The molecule has 2 heteroatoms. The third-order valence-electron chi connectivity index (χ3n) is 2.41. The maximum absolute atomic E-state index is 11.1. The average molecular weight is 168 g/mol. The van der Waals surface area contributed by atoms with Gasteiger partial charge in [0.25, 0.3) is 0 Å². The summed E-state index contributed by atoms with van der Waals surface area (Å²) in [6, 6.07) is 0. The zero-order valence-electron chi connectivity index (χ0n) is 7.49. The van der Waals surface area contributed by atoms with Gasteiger partial charge in [0.15, 0.2) is 0 Å². The van der Waals surface area contributed by atoms with E-state index < -0.39 is 6.10 Å². The van der Waals surface area contributed by atoms with Crippen LogP contribution < -0.4 is 0 Å². The molecule has 0 bridgehead atoms. The Morgan fingerprint density at radius 1 is 1.50 bits per heavy atom. The summed E-state index contributed by atoms with van der Waals surface area (Å²) in [5.41, 5.74) is 0. The highest BCUT2D eigenvalue weighted by Gasteiger charge is 2.22. The molecule has 0 fully saturated rings. The van der Waals surface area contributed by atoms with Crippen LogP contribution in [0.5, 0.6) is 0 Å². The van der Waals surface area contributed by atoms with Gasteiger partial charge in [-0.05, 0) is 32.6 Å². The number of Topliss-reactive ketones (excluding diaryl/α,β-unsaturated/α-hetero) is 1. The van der Waals surface area contributed by atoms with Crippen molar-refractivity contribution in [2.45, 2.75) is 38.7 Å². The second-order valence-corrected chi connectivity index (χ2v) is 3.42. The maximum Gasteiger partial charge on any atom is 0.135 e. The van der Waals surface area contributed by atoms with Gasteiger partial charge in [-0.1, -0.05) is 12.2 Å². The van der Waals surface area contributed by atoms with Gasteiger partial charge in [-0.3, -0.25) is 4.79 Å². The summed E-state index contributed by atoms with van der Waals surface area (Å²) in [7, 11) is 0. The molecule has 1 aliphatic rings. The molecular formula is C10H16O2. The standard InChI is InChI=1S/C10H16O2/c1-8(11)9-6-4-2-3-5-7-10(9)12/h2,4,9-10,12H,3,5-7H2,1H3/b4-2-/t9-,10-/m0/s1. The first kappa shape index (κ1) is 9.46. The van der Waals surface area contributed by atoms with Crippen LogP contribution in [0.3, 0.4) is 0 Å². The lowest BCUT2D eigenvalue weighted by atomic mass is 9.89. The number of carbonyl (C=O) groups excluding carboxylic acids is 1. The summed E-state index contributed by atoms with van der Waals surface area (Å²) in [5.74, 6) is -0.0596. The normalized spacial score (nSPS) is 33.5. The molecule has 2 nitrogen and oxygen atoms in total. The van der Waals surface area contributed by atoms with Crippen molar-refractivity contribution in [3.8, 4) is 0 Å². The van der Waals surface area contributed by atoms with E-state index in [-0.39, 0.29) is 11.7 Å². The largest absolute Gasteiger partial charge is 0.392 e. The zero-order chi connectivity index (χ0) is 8.97. The van der Waals surface area contributed by atoms with Crippen molar-refractivity contribution in [1.29, 1.82) is 0 Å². The van der Waals surface area contributed by atoms with Crippen LogP contribution in [0.2, 0.25) is 0 Å². The molecule has 0 saturated carbocycles. The number of hydrogen-bond donors (Lipinski definition) is 1. The monoisotopic (exact) mass is 168 g/mol. The van der Waals surface area contributed by atoms with E-state index in [1.54, 1.807) is 6.92 Å². The third-order valence-corrected chi connectivity index (χ3v) is 2.41. The van der Waals surface area contributed by atoms with Gasteiger partial charge in [0, 0.05) is 5.92 Å². The van der Waals surface area contributed by atoms with Gasteiger partial charge < -0.3 is 5.11 Å². The summed E-state index contributed by atoms with van der Waals surface area (Å²) in [6.45, 7) is 1.56. The van der Waals surface area contributed by atoms with Crippen LogP contribution in [-0.4, -0.2) is 17.0 Å². The van der Waals surface area contributed by atoms with Crippen LogP contribution >= 0.6 is 0 Å². The lowest BCUT2D eigenvalue weighted by Crippen LogP contribution is -2.26. The van der Waals surface area contributed by atoms with Gasteiger partial charge in [0.1, 0.15) is 5.78 Å². The molecule has 0 amide bonds. The molecule has 0 aliphatic heterocycles.